The molecule has 2 rings (SSSR count). The van der Waals surface area contributed by atoms with Crippen molar-refractivity contribution in [2.45, 2.75) is 25.9 Å². The summed E-state index contributed by atoms with van der Waals surface area (Å²) in [5, 5.41) is 3.55. The van der Waals surface area contributed by atoms with Crippen LogP contribution < -0.4 is 14.8 Å². The van der Waals surface area contributed by atoms with Gasteiger partial charge in [-0.1, -0.05) is 0 Å². The van der Waals surface area contributed by atoms with Gasteiger partial charge in [-0.25, -0.2) is 0 Å². The zero-order valence-corrected chi connectivity index (χ0v) is 11.9. The first-order valence-electron chi connectivity index (χ1n) is 6.76. The van der Waals surface area contributed by atoms with Gasteiger partial charge in [0.2, 0.25) is 0 Å². The third kappa shape index (κ3) is 3.85. The summed E-state index contributed by atoms with van der Waals surface area (Å²) in [4.78, 5) is 0. The second kappa shape index (κ2) is 6.78. The van der Waals surface area contributed by atoms with E-state index in [1.54, 1.807) is 14.2 Å². The maximum absolute atomic E-state index is 5.42. The molecule has 1 fully saturated rings. The SMILES string of the molecule is COc1cc(CNC(C)C2CCOC2)cc(OC)c1. The number of rotatable bonds is 6. The van der Waals surface area contributed by atoms with Gasteiger partial charge in [0.15, 0.2) is 0 Å². The van der Waals surface area contributed by atoms with Gasteiger partial charge in [0, 0.05) is 25.3 Å². The van der Waals surface area contributed by atoms with Crippen LogP contribution in [-0.2, 0) is 11.3 Å². The van der Waals surface area contributed by atoms with Crippen LogP contribution in [0.4, 0.5) is 0 Å². The van der Waals surface area contributed by atoms with Gasteiger partial charge in [0.05, 0.1) is 20.8 Å². The summed E-state index contributed by atoms with van der Waals surface area (Å²) in [6.07, 6.45) is 1.15. The molecule has 1 aromatic rings. The first-order valence-corrected chi connectivity index (χ1v) is 6.76. The largest absolute Gasteiger partial charge is 0.497 e. The summed E-state index contributed by atoms with van der Waals surface area (Å²) in [5.74, 6) is 2.27. The van der Waals surface area contributed by atoms with Gasteiger partial charge in [-0.2, -0.15) is 0 Å². The highest BCUT2D eigenvalue weighted by atomic mass is 16.5. The quantitative estimate of drug-likeness (QED) is 0.856. The smallest absolute Gasteiger partial charge is 0.122 e. The van der Waals surface area contributed by atoms with Gasteiger partial charge < -0.3 is 19.5 Å². The van der Waals surface area contributed by atoms with Crippen LogP contribution in [0.15, 0.2) is 18.2 Å². The van der Waals surface area contributed by atoms with E-state index in [4.69, 9.17) is 14.2 Å². The van der Waals surface area contributed by atoms with Crippen molar-refractivity contribution in [3.8, 4) is 11.5 Å². The second-order valence-corrected chi connectivity index (χ2v) is 5.01. The zero-order chi connectivity index (χ0) is 13.7. The lowest BCUT2D eigenvalue weighted by atomic mass is 10.0. The highest BCUT2D eigenvalue weighted by Crippen LogP contribution is 2.23. The molecular weight excluding hydrogens is 242 g/mol. The van der Waals surface area contributed by atoms with E-state index < -0.39 is 0 Å². The summed E-state index contributed by atoms with van der Waals surface area (Å²) >= 11 is 0. The van der Waals surface area contributed by atoms with Crippen LogP contribution in [0, 0.1) is 5.92 Å². The lowest BCUT2D eigenvalue weighted by Gasteiger charge is -2.19. The Kier molecular flexibility index (Phi) is 5.05. The lowest BCUT2D eigenvalue weighted by Crippen LogP contribution is -2.33. The van der Waals surface area contributed by atoms with Crippen LogP contribution in [-0.4, -0.2) is 33.5 Å². The summed E-state index contributed by atoms with van der Waals surface area (Å²) in [5.41, 5.74) is 1.17. The summed E-state index contributed by atoms with van der Waals surface area (Å²) in [6.45, 7) is 4.79. The zero-order valence-electron chi connectivity index (χ0n) is 11.9. The van der Waals surface area contributed by atoms with Gasteiger partial charge in [-0.05, 0) is 37.0 Å². The number of nitrogens with one attached hydrogen (secondary N) is 1. The summed E-state index contributed by atoms with van der Waals surface area (Å²) < 4.78 is 16.0. The highest BCUT2D eigenvalue weighted by Gasteiger charge is 2.21. The van der Waals surface area contributed by atoms with E-state index >= 15 is 0 Å². The van der Waals surface area contributed by atoms with E-state index in [1.165, 1.54) is 5.56 Å². The molecule has 19 heavy (non-hydrogen) atoms. The van der Waals surface area contributed by atoms with Gasteiger partial charge >= 0.3 is 0 Å². The van der Waals surface area contributed by atoms with Crippen LogP contribution in [0.3, 0.4) is 0 Å². The molecule has 1 aliphatic heterocycles. The molecule has 1 heterocycles. The molecule has 2 unspecified atom stereocenters. The molecular formula is C15H23NO3. The molecule has 1 aliphatic rings. The molecule has 0 aliphatic carbocycles. The third-order valence-electron chi connectivity index (χ3n) is 3.71. The Labute approximate surface area is 115 Å². The maximum Gasteiger partial charge on any atom is 0.122 e. The van der Waals surface area contributed by atoms with Crippen LogP contribution in [0.5, 0.6) is 11.5 Å². The van der Waals surface area contributed by atoms with Crippen molar-refractivity contribution in [1.82, 2.24) is 5.32 Å². The number of ether oxygens (including phenoxy) is 3. The Morgan fingerprint density at radius 1 is 1.26 bits per heavy atom. The third-order valence-corrected chi connectivity index (χ3v) is 3.71. The Morgan fingerprint density at radius 3 is 2.47 bits per heavy atom. The molecule has 0 saturated carbocycles. The number of hydrogen-bond donors (Lipinski definition) is 1. The molecule has 1 aromatic carbocycles. The Bertz CT molecular complexity index is 380. The first kappa shape index (κ1) is 14.2. The predicted octanol–water partition coefficient (Wildman–Crippen LogP) is 2.22. The fraction of sp³-hybridized carbons (Fsp3) is 0.600. The maximum atomic E-state index is 5.42. The van der Waals surface area contributed by atoms with Crippen molar-refractivity contribution in [1.29, 1.82) is 0 Å². The lowest BCUT2D eigenvalue weighted by molar-refractivity contribution is 0.178. The van der Waals surface area contributed by atoms with Gasteiger partial charge in [0.1, 0.15) is 11.5 Å². The van der Waals surface area contributed by atoms with E-state index in [0.717, 1.165) is 37.7 Å². The molecule has 0 aromatic heterocycles. The second-order valence-electron chi connectivity index (χ2n) is 5.01. The molecule has 2 atom stereocenters. The Balaban J connectivity index is 1.94. The monoisotopic (exact) mass is 265 g/mol. The molecule has 0 radical (unpaired) electrons. The average Bonchev–Trinajstić information content (AvgIpc) is 2.98. The summed E-state index contributed by atoms with van der Waals surface area (Å²) in [7, 11) is 3.34. The fourth-order valence-corrected chi connectivity index (χ4v) is 2.36. The number of benzene rings is 1. The molecule has 106 valence electrons. The van der Waals surface area contributed by atoms with E-state index in [-0.39, 0.29) is 0 Å². The van der Waals surface area contributed by atoms with Gasteiger partial charge in [-0.3, -0.25) is 0 Å². The number of methoxy groups -OCH3 is 2. The molecule has 0 amide bonds. The van der Waals surface area contributed by atoms with Crippen LogP contribution in [0.2, 0.25) is 0 Å². The Hall–Kier alpha value is -1.26. The average molecular weight is 265 g/mol. The van der Waals surface area contributed by atoms with E-state index in [0.29, 0.717) is 12.0 Å². The van der Waals surface area contributed by atoms with Crippen molar-refractivity contribution < 1.29 is 14.2 Å². The van der Waals surface area contributed by atoms with Crippen LogP contribution in [0.1, 0.15) is 18.9 Å². The molecule has 1 N–H and O–H groups in total. The molecule has 1 saturated heterocycles. The van der Waals surface area contributed by atoms with Crippen molar-refractivity contribution in [2.75, 3.05) is 27.4 Å². The van der Waals surface area contributed by atoms with E-state index in [9.17, 15) is 0 Å². The molecule has 4 nitrogen and oxygen atoms in total. The van der Waals surface area contributed by atoms with Crippen molar-refractivity contribution in [2.24, 2.45) is 5.92 Å². The van der Waals surface area contributed by atoms with Gasteiger partial charge in [-0.15, -0.1) is 0 Å². The Morgan fingerprint density at radius 2 is 1.95 bits per heavy atom. The fourth-order valence-electron chi connectivity index (χ4n) is 2.36. The van der Waals surface area contributed by atoms with Crippen molar-refractivity contribution in [3.05, 3.63) is 23.8 Å². The van der Waals surface area contributed by atoms with Crippen LogP contribution >= 0.6 is 0 Å². The molecule has 0 bridgehead atoms. The molecule has 0 spiro atoms. The minimum absolute atomic E-state index is 0.458. The minimum Gasteiger partial charge on any atom is -0.497 e. The number of hydrogen-bond acceptors (Lipinski definition) is 4. The normalized spacial score (nSPS) is 20.3. The van der Waals surface area contributed by atoms with Crippen molar-refractivity contribution >= 4 is 0 Å². The van der Waals surface area contributed by atoms with Crippen molar-refractivity contribution in [3.63, 3.8) is 0 Å². The van der Waals surface area contributed by atoms with Crippen LogP contribution in [0.25, 0.3) is 0 Å². The first-order chi connectivity index (χ1) is 9.22. The highest BCUT2D eigenvalue weighted by molar-refractivity contribution is 5.38. The minimum atomic E-state index is 0.458. The standard InChI is InChI=1S/C15H23NO3/c1-11(13-4-5-19-10-13)16-9-12-6-14(17-2)8-15(7-12)18-3/h6-8,11,13,16H,4-5,9-10H2,1-3H3. The van der Waals surface area contributed by atoms with E-state index in [1.807, 2.05) is 18.2 Å². The van der Waals surface area contributed by atoms with E-state index in [2.05, 4.69) is 12.2 Å². The summed E-state index contributed by atoms with van der Waals surface area (Å²) in [6, 6.07) is 6.41. The van der Waals surface area contributed by atoms with Gasteiger partial charge in [0.25, 0.3) is 0 Å². The topological polar surface area (TPSA) is 39.7 Å². The predicted molar refractivity (Wildman–Crippen MR) is 74.8 cm³/mol. The molecule has 4 heteroatoms.